The summed E-state index contributed by atoms with van der Waals surface area (Å²) in [6.45, 7) is 5.40. The van der Waals surface area contributed by atoms with E-state index in [1.165, 1.54) is 5.56 Å². The van der Waals surface area contributed by atoms with Crippen LogP contribution in [0.4, 0.5) is 0 Å². The van der Waals surface area contributed by atoms with Gasteiger partial charge in [-0.05, 0) is 54.5 Å². The van der Waals surface area contributed by atoms with Crippen LogP contribution in [0, 0.1) is 5.92 Å². The van der Waals surface area contributed by atoms with E-state index in [2.05, 4.69) is 45.5 Å². The van der Waals surface area contributed by atoms with Crippen molar-refractivity contribution in [3.8, 4) is 0 Å². The molecule has 28 heavy (non-hydrogen) atoms. The lowest BCUT2D eigenvalue weighted by molar-refractivity contribution is -0.135. The van der Waals surface area contributed by atoms with Crippen molar-refractivity contribution in [3.05, 3.63) is 70.2 Å². The number of nitrogens with zero attached hydrogens (tertiary/aromatic N) is 1. The lowest BCUT2D eigenvalue weighted by Crippen LogP contribution is -2.52. The predicted molar refractivity (Wildman–Crippen MR) is 115 cm³/mol. The van der Waals surface area contributed by atoms with Crippen molar-refractivity contribution in [2.45, 2.75) is 38.6 Å². The Labute approximate surface area is 175 Å². The molecule has 1 saturated heterocycles. The summed E-state index contributed by atoms with van der Waals surface area (Å²) >= 11 is 3.48. The maximum Gasteiger partial charge on any atom is 0.251 e. The Balaban J connectivity index is 1.61. The number of carbonyl (C=O) groups excluding carboxylic acids is 2. The van der Waals surface area contributed by atoms with Crippen LogP contribution in [0.25, 0.3) is 0 Å². The zero-order valence-electron chi connectivity index (χ0n) is 16.4. The van der Waals surface area contributed by atoms with Gasteiger partial charge in [-0.2, -0.15) is 0 Å². The zero-order valence-corrected chi connectivity index (χ0v) is 18.0. The van der Waals surface area contributed by atoms with Gasteiger partial charge < -0.3 is 10.2 Å². The van der Waals surface area contributed by atoms with E-state index < -0.39 is 6.04 Å². The fourth-order valence-corrected chi connectivity index (χ4v) is 3.96. The van der Waals surface area contributed by atoms with E-state index in [9.17, 15) is 9.59 Å². The number of benzene rings is 2. The quantitative estimate of drug-likeness (QED) is 0.734. The Morgan fingerprint density at radius 3 is 2.18 bits per heavy atom. The smallest absolute Gasteiger partial charge is 0.251 e. The van der Waals surface area contributed by atoms with E-state index in [1.54, 1.807) is 12.1 Å². The fourth-order valence-electron chi connectivity index (χ4n) is 3.69. The lowest BCUT2D eigenvalue weighted by atomic mass is 9.89. The molecule has 3 rings (SSSR count). The van der Waals surface area contributed by atoms with E-state index in [4.69, 9.17) is 0 Å². The third-order valence-corrected chi connectivity index (χ3v) is 5.93. The number of piperidine rings is 1. The van der Waals surface area contributed by atoms with E-state index in [0.29, 0.717) is 11.5 Å². The molecule has 0 saturated carbocycles. The summed E-state index contributed by atoms with van der Waals surface area (Å²) in [6.07, 6.45) is 1.90. The van der Waals surface area contributed by atoms with Crippen LogP contribution in [0.3, 0.4) is 0 Å². The second-order valence-corrected chi connectivity index (χ2v) is 8.63. The van der Waals surface area contributed by atoms with Crippen molar-refractivity contribution < 1.29 is 9.59 Å². The van der Waals surface area contributed by atoms with E-state index >= 15 is 0 Å². The van der Waals surface area contributed by atoms with Crippen molar-refractivity contribution in [2.24, 2.45) is 5.92 Å². The molecule has 1 atom stereocenters. The van der Waals surface area contributed by atoms with E-state index in [-0.39, 0.29) is 17.7 Å². The molecule has 5 heteroatoms. The highest BCUT2D eigenvalue weighted by Gasteiger charge is 2.31. The third kappa shape index (κ3) is 5.02. The highest BCUT2D eigenvalue weighted by molar-refractivity contribution is 9.10. The van der Waals surface area contributed by atoms with Crippen LogP contribution in [0.15, 0.2) is 59.1 Å². The molecule has 1 N–H and O–H groups in total. The monoisotopic (exact) mass is 442 g/mol. The molecule has 1 heterocycles. The maximum absolute atomic E-state index is 13.1. The topological polar surface area (TPSA) is 49.4 Å². The minimum Gasteiger partial charge on any atom is -0.341 e. The molecule has 148 valence electrons. The van der Waals surface area contributed by atoms with Crippen LogP contribution in [0.5, 0.6) is 0 Å². The number of carbonyl (C=O) groups is 2. The molecule has 4 nitrogen and oxygen atoms in total. The first-order valence-corrected chi connectivity index (χ1v) is 10.6. The molecule has 1 aliphatic heterocycles. The zero-order chi connectivity index (χ0) is 20.1. The van der Waals surface area contributed by atoms with Gasteiger partial charge in [0.15, 0.2) is 0 Å². The van der Waals surface area contributed by atoms with Gasteiger partial charge in [0.1, 0.15) is 6.04 Å². The maximum atomic E-state index is 13.1. The Bertz CT molecular complexity index is 797. The summed E-state index contributed by atoms with van der Waals surface area (Å²) in [7, 11) is 0. The fraction of sp³-hybridized carbons (Fsp3) is 0.391. The van der Waals surface area contributed by atoms with Crippen LogP contribution in [-0.4, -0.2) is 35.8 Å². The molecule has 2 aromatic rings. The number of likely N-dealkylation sites (tertiary alicyclic amines) is 1. The SMILES string of the molecule is CC(C)[C@@H](NC(=O)c1ccccc1)C(=O)N1CCC(c2ccc(Br)cc2)CC1. The van der Waals surface area contributed by atoms with E-state index in [1.807, 2.05) is 36.9 Å². The van der Waals surface area contributed by atoms with Crippen molar-refractivity contribution in [1.82, 2.24) is 10.2 Å². The van der Waals surface area contributed by atoms with Crippen molar-refractivity contribution in [1.29, 1.82) is 0 Å². The molecule has 1 aliphatic rings. The number of rotatable bonds is 5. The number of halogens is 1. The van der Waals surface area contributed by atoms with Gasteiger partial charge in [0.2, 0.25) is 5.91 Å². The summed E-state index contributed by atoms with van der Waals surface area (Å²) in [5.41, 5.74) is 1.91. The predicted octanol–water partition coefficient (Wildman–Crippen LogP) is 4.61. The van der Waals surface area contributed by atoms with Gasteiger partial charge in [0, 0.05) is 23.1 Å². The molecule has 2 amide bonds. The van der Waals surface area contributed by atoms with Crippen molar-refractivity contribution >= 4 is 27.7 Å². The second-order valence-electron chi connectivity index (χ2n) is 7.71. The first kappa shape index (κ1) is 20.6. The van der Waals surface area contributed by atoms with Gasteiger partial charge in [-0.1, -0.05) is 60.1 Å². The Hall–Kier alpha value is -2.14. The first-order valence-electron chi connectivity index (χ1n) is 9.86. The Morgan fingerprint density at radius 1 is 1.00 bits per heavy atom. The molecule has 0 unspecified atom stereocenters. The Morgan fingerprint density at radius 2 is 1.61 bits per heavy atom. The van der Waals surface area contributed by atoms with Crippen LogP contribution in [0.2, 0.25) is 0 Å². The standard InChI is InChI=1S/C23H27BrN2O2/c1-16(2)21(25-22(27)19-6-4-3-5-7-19)23(28)26-14-12-18(13-15-26)17-8-10-20(24)11-9-17/h3-11,16,18,21H,12-15H2,1-2H3,(H,25,27)/t21-/m1/s1. The minimum absolute atomic E-state index is 0.0218. The Kier molecular flexibility index (Phi) is 6.89. The summed E-state index contributed by atoms with van der Waals surface area (Å²) in [4.78, 5) is 27.5. The summed E-state index contributed by atoms with van der Waals surface area (Å²) in [5, 5.41) is 2.94. The van der Waals surface area contributed by atoms with E-state index in [0.717, 1.165) is 30.4 Å². The van der Waals surface area contributed by atoms with Crippen LogP contribution < -0.4 is 5.32 Å². The number of hydrogen-bond donors (Lipinski definition) is 1. The number of hydrogen-bond acceptors (Lipinski definition) is 2. The highest BCUT2D eigenvalue weighted by Crippen LogP contribution is 2.29. The third-order valence-electron chi connectivity index (χ3n) is 5.40. The van der Waals surface area contributed by atoms with Gasteiger partial charge in [-0.15, -0.1) is 0 Å². The summed E-state index contributed by atoms with van der Waals surface area (Å²) < 4.78 is 1.08. The van der Waals surface area contributed by atoms with Crippen molar-refractivity contribution in [3.63, 3.8) is 0 Å². The van der Waals surface area contributed by atoms with Gasteiger partial charge in [0.05, 0.1) is 0 Å². The second kappa shape index (κ2) is 9.37. The van der Waals surface area contributed by atoms with Gasteiger partial charge >= 0.3 is 0 Å². The normalized spacial score (nSPS) is 16.1. The largest absolute Gasteiger partial charge is 0.341 e. The number of amides is 2. The average molecular weight is 443 g/mol. The van der Waals surface area contributed by atoms with Gasteiger partial charge in [-0.25, -0.2) is 0 Å². The molecule has 0 aromatic heterocycles. The molecule has 2 aromatic carbocycles. The molecular weight excluding hydrogens is 416 g/mol. The van der Waals surface area contributed by atoms with Crippen LogP contribution >= 0.6 is 15.9 Å². The molecule has 0 radical (unpaired) electrons. The van der Waals surface area contributed by atoms with Crippen LogP contribution in [0.1, 0.15) is 48.5 Å². The highest BCUT2D eigenvalue weighted by atomic mass is 79.9. The minimum atomic E-state index is -0.503. The molecule has 0 spiro atoms. The molecule has 1 fully saturated rings. The summed E-state index contributed by atoms with van der Waals surface area (Å²) in [6, 6.07) is 17.0. The lowest BCUT2D eigenvalue weighted by Gasteiger charge is -2.35. The van der Waals surface area contributed by atoms with Gasteiger partial charge in [0.25, 0.3) is 5.91 Å². The average Bonchev–Trinajstić information content (AvgIpc) is 2.72. The molecule has 0 aliphatic carbocycles. The van der Waals surface area contributed by atoms with Gasteiger partial charge in [-0.3, -0.25) is 9.59 Å². The summed E-state index contributed by atoms with van der Waals surface area (Å²) in [5.74, 6) is 0.337. The first-order chi connectivity index (χ1) is 13.5. The number of nitrogens with one attached hydrogen (secondary N) is 1. The molecular formula is C23H27BrN2O2. The molecule has 0 bridgehead atoms. The van der Waals surface area contributed by atoms with Crippen LogP contribution in [-0.2, 0) is 4.79 Å². The van der Waals surface area contributed by atoms with Crippen molar-refractivity contribution in [2.75, 3.05) is 13.1 Å².